The number of rotatable bonds is 6. The van der Waals surface area contributed by atoms with E-state index >= 15 is 0 Å². The summed E-state index contributed by atoms with van der Waals surface area (Å²) in [4.78, 5) is 26.7. The molecule has 0 radical (unpaired) electrons. The Balaban J connectivity index is 1.49. The number of carbonyl (C=O) groups is 2. The zero-order chi connectivity index (χ0) is 24.9. The van der Waals surface area contributed by atoms with Gasteiger partial charge in [-0.25, -0.2) is 12.8 Å². The van der Waals surface area contributed by atoms with Crippen LogP contribution in [0.15, 0.2) is 53.4 Å². The summed E-state index contributed by atoms with van der Waals surface area (Å²) in [7, 11) is -3.75. The van der Waals surface area contributed by atoms with Crippen LogP contribution >= 0.6 is 0 Å². The summed E-state index contributed by atoms with van der Waals surface area (Å²) >= 11 is 0. The molecule has 1 saturated heterocycles. The molecule has 7 nitrogen and oxygen atoms in total. The van der Waals surface area contributed by atoms with Gasteiger partial charge in [0, 0.05) is 44.7 Å². The van der Waals surface area contributed by atoms with E-state index in [9.17, 15) is 22.4 Å². The SMILES string of the molecule is CC(C)(C)c1ccc(C(=O)NCCC(=O)N2CCCN(S(=O)(=O)c3ccc(F)cc3)CC2)cc1. The predicted octanol–water partition coefficient (Wildman–Crippen LogP) is 3.17. The number of hydrogen-bond donors (Lipinski definition) is 1. The van der Waals surface area contributed by atoms with Crippen LogP contribution in [0.25, 0.3) is 0 Å². The van der Waals surface area contributed by atoms with E-state index < -0.39 is 15.8 Å². The van der Waals surface area contributed by atoms with E-state index in [1.165, 1.54) is 16.4 Å². The van der Waals surface area contributed by atoms with Crippen LogP contribution in [0, 0.1) is 5.82 Å². The zero-order valence-electron chi connectivity index (χ0n) is 19.9. The maximum atomic E-state index is 13.2. The Labute approximate surface area is 201 Å². The number of amides is 2. The van der Waals surface area contributed by atoms with Gasteiger partial charge in [-0.3, -0.25) is 9.59 Å². The molecule has 0 bridgehead atoms. The minimum absolute atomic E-state index is 0.00249. The maximum Gasteiger partial charge on any atom is 0.251 e. The molecule has 1 aliphatic heterocycles. The fraction of sp³-hybridized carbons (Fsp3) is 0.440. The average Bonchev–Trinajstić information content (AvgIpc) is 3.06. The quantitative estimate of drug-likeness (QED) is 0.675. The summed E-state index contributed by atoms with van der Waals surface area (Å²) in [5.74, 6) is -0.870. The lowest BCUT2D eigenvalue weighted by Gasteiger charge is -2.22. The van der Waals surface area contributed by atoms with E-state index in [0.29, 0.717) is 18.5 Å². The largest absolute Gasteiger partial charge is 0.352 e. The van der Waals surface area contributed by atoms with E-state index in [0.717, 1.165) is 17.7 Å². The van der Waals surface area contributed by atoms with Gasteiger partial charge in [0.25, 0.3) is 5.91 Å². The van der Waals surface area contributed by atoms with Crippen molar-refractivity contribution in [2.24, 2.45) is 0 Å². The summed E-state index contributed by atoms with van der Waals surface area (Å²) in [6, 6.07) is 12.2. The molecule has 1 heterocycles. The van der Waals surface area contributed by atoms with Crippen molar-refractivity contribution in [1.82, 2.24) is 14.5 Å². The molecule has 1 fully saturated rings. The first-order valence-corrected chi connectivity index (χ1v) is 12.8. The van der Waals surface area contributed by atoms with Crippen molar-refractivity contribution >= 4 is 21.8 Å². The lowest BCUT2D eigenvalue weighted by molar-refractivity contribution is -0.130. The smallest absolute Gasteiger partial charge is 0.251 e. The number of nitrogens with zero attached hydrogens (tertiary/aromatic N) is 2. The van der Waals surface area contributed by atoms with Crippen molar-refractivity contribution < 1.29 is 22.4 Å². The fourth-order valence-corrected chi connectivity index (χ4v) is 5.27. The molecule has 2 amide bonds. The molecule has 0 unspecified atom stereocenters. The number of nitrogens with one attached hydrogen (secondary N) is 1. The normalized spacial score (nSPS) is 15.6. The van der Waals surface area contributed by atoms with Gasteiger partial charge in [0.2, 0.25) is 15.9 Å². The van der Waals surface area contributed by atoms with Gasteiger partial charge in [0.05, 0.1) is 4.90 Å². The van der Waals surface area contributed by atoms with Crippen molar-refractivity contribution in [3.05, 3.63) is 65.5 Å². The standard InChI is InChI=1S/C25H32FN3O4S/c1-25(2,3)20-7-5-19(6-8-20)24(31)27-14-13-23(30)28-15-4-16-29(18-17-28)34(32,33)22-11-9-21(26)10-12-22/h5-12H,4,13-18H2,1-3H3,(H,27,31). The minimum Gasteiger partial charge on any atom is -0.352 e. The van der Waals surface area contributed by atoms with Gasteiger partial charge >= 0.3 is 0 Å². The number of benzene rings is 2. The third-order valence-electron chi connectivity index (χ3n) is 5.90. The van der Waals surface area contributed by atoms with Gasteiger partial charge in [-0.05, 0) is 53.8 Å². The van der Waals surface area contributed by atoms with Crippen LogP contribution in [0.5, 0.6) is 0 Å². The third-order valence-corrected chi connectivity index (χ3v) is 7.81. The molecule has 9 heteroatoms. The Morgan fingerprint density at radius 1 is 0.941 bits per heavy atom. The number of carbonyl (C=O) groups excluding carboxylic acids is 2. The molecule has 1 N–H and O–H groups in total. The van der Waals surface area contributed by atoms with Gasteiger partial charge in [-0.15, -0.1) is 0 Å². The second-order valence-electron chi connectivity index (χ2n) is 9.43. The molecule has 184 valence electrons. The molecule has 0 aromatic heterocycles. The molecule has 2 aromatic carbocycles. The van der Waals surface area contributed by atoms with Gasteiger partial charge in [-0.2, -0.15) is 4.31 Å². The Hall–Kier alpha value is -2.78. The molecule has 0 atom stereocenters. The summed E-state index contributed by atoms with van der Waals surface area (Å²) < 4.78 is 40.2. The van der Waals surface area contributed by atoms with Crippen LogP contribution in [-0.2, 0) is 20.2 Å². The van der Waals surface area contributed by atoms with E-state index in [2.05, 4.69) is 26.1 Å². The van der Waals surface area contributed by atoms with Crippen LogP contribution in [0.1, 0.15) is 49.5 Å². The highest BCUT2D eigenvalue weighted by Crippen LogP contribution is 2.22. The number of halogens is 1. The lowest BCUT2D eigenvalue weighted by atomic mass is 9.87. The molecule has 0 spiro atoms. The van der Waals surface area contributed by atoms with Crippen LogP contribution in [0.2, 0.25) is 0 Å². The first-order chi connectivity index (χ1) is 16.0. The molecule has 2 aromatic rings. The second kappa shape index (κ2) is 10.7. The molecular weight excluding hydrogens is 457 g/mol. The molecule has 0 aliphatic carbocycles. The summed E-state index contributed by atoms with van der Waals surface area (Å²) in [5.41, 5.74) is 1.68. The summed E-state index contributed by atoms with van der Waals surface area (Å²) in [5, 5.41) is 2.78. The second-order valence-corrected chi connectivity index (χ2v) is 11.4. The van der Waals surface area contributed by atoms with Crippen LogP contribution in [-0.4, -0.2) is 62.2 Å². The first-order valence-electron chi connectivity index (χ1n) is 11.4. The molecule has 3 rings (SSSR count). The molecule has 1 aliphatic rings. The third kappa shape index (κ3) is 6.42. The van der Waals surface area contributed by atoms with Gasteiger partial charge < -0.3 is 10.2 Å². The summed E-state index contributed by atoms with van der Waals surface area (Å²) in [6.45, 7) is 7.67. The maximum absolute atomic E-state index is 13.2. The molecule has 34 heavy (non-hydrogen) atoms. The zero-order valence-corrected chi connectivity index (χ0v) is 20.7. The molecular formula is C25H32FN3O4S. The number of hydrogen-bond acceptors (Lipinski definition) is 4. The van der Waals surface area contributed by atoms with Crippen LogP contribution < -0.4 is 5.32 Å². The van der Waals surface area contributed by atoms with Crippen molar-refractivity contribution in [3.63, 3.8) is 0 Å². The van der Waals surface area contributed by atoms with Crippen molar-refractivity contribution in [2.45, 2.75) is 43.9 Å². The lowest BCUT2D eigenvalue weighted by Crippen LogP contribution is -2.38. The summed E-state index contributed by atoms with van der Waals surface area (Å²) in [6.07, 6.45) is 0.634. The molecule has 0 saturated carbocycles. The Morgan fingerprint density at radius 3 is 2.21 bits per heavy atom. The van der Waals surface area contributed by atoms with E-state index in [4.69, 9.17) is 0 Å². The van der Waals surface area contributed by atoms with E-state index in [-0.39, 0.29) is 54.7 Å². The topological polar surface area (TPSA) is 86.8 Å². The minimum atomic E-state index is -3.75. The monoisotopic (exact) mass is 489 g/mol. The Kier molecular flexibility index (Phi) is 8.09. The van der Waals surface area contributed by atoms with E-state index in [1.807, 2.05) is 12.1 Å². The van der Waals surface area contributed by atoms with Gasteiger partial charge in [-0.1, -0.05) is 32.9 Å². The van der Waals surface area contributed by atoms with Gasteiger partial charge in [0.1, 0.15) is 5.82 Å². The number of sulfonamides is 1. The highest BCUT2D eigenvalue weighted by Gasteiger charge is 2.28. The average molecular weight is 490 g/mol. The Bertz CT molecular complexity index is 1110. The predicted molar refractivity (Wildman–Crippen MR) is 128 cm³/mol. The van der Waals surface area contributed by atoms with Gasteiger partial charge in [0.15, 0.2) is 0 Å². The van der Waals surface area contributed by atoms with Crippen molar-refractivity contribution in [3.8, 4) is 0 Å². The highest BCUT2D eigenvalue weighted by atomic mass is 32.2. The fourth-order valence-electron chi connectivity index (χ4n) is 3.80. The van der Waals surface area contributed by atoms with E-state index in [1.54, 1.807) is 17.0 Å². The van der Waals surface area contributed by atoms with Crippen molar-refractivity contribution in [1.29, 1.82) is 0 Å². The van der Waals surface area contributed by atoms with Crippen molar-refractivity contribution in [2.75, 3.05) is 32.7 Å². The Morgan fingerprint density at radius 2 is 1.59 bits per heavy atom. The van der Waals surface area contributed by atoms with Crippen LogP contribution in [0.3, 0.4) is 0 Å². The first kappa shape index (κ1) is 25.8. The highest BCUT2D eigenvalue weighted by molar-refractivity contribution is 7.89. The van der Waals surface area contributed by atoms with Crippen LogP contribution in [0.4, 0.5) is 4.39 Å².